The lowest BCUT2D eigenvalue weighted by atomic mass is 10.1. The number of pyridine rings is 1. The van der Waals surface area contributed by atoms with E-state index in [1.165, 1.54) is 17.8 Å². The number of nitrogens with one attached hydrogen (secondary N) is 1. The fourth-order valence-electron chi connectivity index (χ4n) is 3.48. The molecule has 2 aromatic carbocycles. The van der Waals surface area contributed by atoms with Crippen LogP contribution < -0.4 is 5.32 Å². The predicted molar refractivity (Wildman–Crippen MR) is 130 cm³/mol. The number of thioether (sulfide) groups is 1. The SMILES string of the molecule is O=C(NCc1ccco1)c1ccc(CSc2nnc(-c3ccncc3)n2-c2ccccc2F)cc1. The summed E-state index contributed by atoms with van der Waals surface area (Å²) in [6.45, 7) is 0.328. The first-order chi connectivity index (χ1) is 17.2. The van der Waals surface area contributed by atoms with Gasteiger partial charge in [-0.2, -0.15) is 0 Å². The van der Waals surface area contributed by atoms with E-state index in [0.717, 1.165) is 11.1 Å². The van der Waals surface area contributed by atoms with E-state index in [2.05, 4.69) is 20.5 Å². The maximum atomic E-state index is 14.7. The van der Waals surface area contributed by atoms with E-state index in [4.69, 9.17) is 4.42 Å². The molecule has 0 aliphatic rings. The van der Waals surface area contributed by atoms with Crippen LogP contribution in [0.15, 0.2) is 101 Å². The highest BCUT2D eigenvalue weighted by atomic mass is 32.2. The van der Waals surface area contributed by atoms with Gasteiger partial charge in [0.25, 0.3) is 5.91 Å². The second kappa shape index (κ2) is 10.4. The quantitative estimate of drug-likeness (QED) is 0.301. The van der Waals surface area contributed by atoms with E-state index in [1.54, 1.807) is 65.7 Å². The molecule has 5 aromatic rings. The molecule has 0 aliphatic heterocycles. The molecule has 1 N–H and O–H groups in total. The third-order valence-electron chi connectivity index (χ3n) is 5.25. The summed E-state index contributed by atoms with van der Waals surface area (Å²) >= 11 is 1.44. The number of furan rings is 1. The minimum Gasteiger partial charge on any atom is -0.467 e. The van der Waals surface area contributed by atoms with E-state index in [-0.39, 0.29) is 11.7 Å². The van der Waals surface area contributed by atoms with Crippen molar-refractivity contribution in [1.29, 1.82) is 0 Å². The summed E-state index contributed by atoms with van der Waals surface area (Å²) in [4.78, 5) is 16.4. The molecule has 0 fully saturated rings. The molecule has 0 atom stereocenters. The molecule has 7 nitrogen and oxygen atoms in total. The number of amides is 1. The average Bonchev–Trinajstić information content (AvgIpc) is 3.57. The Kier molecular flexibility index (Phi) is 6.67. The molecule has 5 rings (SSSR count). The Balaban J connectivity index is 1.33. The number of para-hydroxylation sites is 1. The van der Waals surface area contributed by atoms with Gasteiger partial charge >= 0.3 is 0 Å². The van der Waals surface area contributed by atoms with Crippen LogP contribution in [0.25, 0.3) is 17.1 Å². The highest BCUT2D eigenvalue weighted by Crippen LogP contribution is 2.30. The summed E-state index contributed by atoms with van der Waals surface area (Å²) in [6, 6.07) is 21.1. The normalized spacial score (nSPS) is 10.9. The van der Waals surface area contributed by atoms with Crippen LogP contribution in [0, 0.1) is 5.82 Å². The molecule has 0 saturated heterocycles. The first kappa shape index (κ1) is 22.5. The molecule has 0 saturated carbocycles. The minimum atomic E-state index is -0.366. The Labute approximate surface area is 205 Å². The van der Waals surface area contributed by atoms with Crippen molar-refractivity contribution >= 4 is 17.7 Å². The molecular formula is C26H20FN5O2S. The number of nitrogens with zero attached hydrogens (tertiary/aromatic N) is 4. The summed E-state index contributed by atoms with van der Waals surface area (Å²) in [5, 5.41) is 12.1. The summed E-state index contributed by atoms with van der Waals surface area (Å²) < 4.78 is 21.7. The van der Waals surface area contributed by atoms with Gasteiger partial charge in [0.1, 0.15) is 11.6 Å². The van der Waals surface area contributed by atoms with Crippen LogP contribution in [0.5, 0.6) is 0 Å². The Bertz CT molecular complexity index is 1420. The molecule has 0 unspecified atom stereocenters. The molecule has 174 valence electrons. The van der Waals surface area contributed by atoms with Gasteiger partial charge in [-0.1, -0.05) is 36.0 Å². The highest BCUT2D eigenvalue weighted by Gasteiger charge is 2.18. The molecule has 0 spiro atoms. The van der Waals surface area contributed by atoms with Crippen molar-refractivity contribution in [3.8, 4) is 17.1 Å². The van der Waals surface area contributed by atoms with Crippen LogP contribution in [0.3, 0.4) is 0 Å². The van der Waals surface area contributed by atoms with Gasteiger partial charge in [0.05, 0.1) is 18.5 Å². The second-order valence-corrected chi connectivity index (χ2v) is 8.52. The van der Waals surface area contributed by atoms with Crippen molar-refractivity contribution in [2.45, 2.75) is 17.5 Å². The summed E-state index contributed by atoms with van der Waals surface area (Å²) in [6.07, 6.45) is 4.89. The molecule has 35 heavy (non-hydrogen) atoms. The number of benzene rings is 2. The Morgan fingerprint density at radius 3 is 2.51 bits per heavy atom. The van der Waals surface area contributed by atoms with E-state index in [0.29, 0.717) is 40.3 Å². The van der Waals surface area contributed by atoms with Crippen molar-refractivity contribution in [2.24, 2.45) is 0 Å². The highest BCUT2D eigenvalue weighted by molar-refractivity contribution is 7.98. The number of aromatic nitrogens is 4. The van der Waals surface area contributed by atoms with Crippen LogP contribution in [-0.2, 0) is 12.3 Å². The van der Waals surface area contributed by atoms with Crippen molar-refractivity contribution in [2.75, 3.05) is 0 Å². The van der Waals surface area contributed by atoms with Crippen LogP contribution in [0.2, 0.25) is 0 Å². The van der Waals surface area contributed by atoms with Crippen LogP contribution in [0.4, 0.5) is 4.39 Å². The van der Waals surface area contributed by atoms with Gasteiger partial charge in [-0.25, -0.2) is 4.39 Å². The lowest BCUT2D eigenvalue weighted by Gasteiger charge is -2.11. The zero-order chi connectivity index (χ0) is 24.0. The minimum absolute atomic E-state index is 0.179. The maximum absolute atomic E-state index is 14.7. The van der Waals surface area contributed by atoms with Gasteiger partial charge in [0, 0.05) is 29.3 Å². The average molecular weight is 486 g/mol. The van der Waals surface area contributed by atoms with Crippen molar-refractivity contribution in [1.82, 2.24) is 25.1 Å². The Morgan fingerprint density at radius 2 is 1.77 bits per heavy atom. The smallest absolute Gasteiger partial charge is 0.251 e. The molecule has 0 bridgehead atoms. The van der Waals surface area contributed by atoms with Gasteiger partial charge in [-0.3, -0.25) is 14.3 Å². The van der Waals surface area contributed by atoms with Crippen LogP contribution in [-0.4, -0.2) is 25.7 Å². The summed E-state index contributed by atoms with van der Waals surface area (Å²) in [7, 11) is 0. The molecule has 9 heteroatoms. The number of carbonyl (C=O) groups excluding carboxylic acids is 1. The number of carbonyl (C=O) groups is 1. The summed E-state index contributed by atoms with van der Waals surface area (Å²) in [5.41, 5.74) is 2.70. The molecule has 0 radical (unpaired) electrons. The zero-order valence-electron chi connectivity index (χ0n) is 18.5. The van der Waals surface area contributed by atoms with E-state index >= 15 is 0 Å². The molecule has 3 heterocycles. The van der Waals surface area contributed by atoms with Gasteiger partial charge < -0.3 is 9.73 Å². The van der Waals surface area contributed by atoms with Gasteiger partial charge in [0.2, 0.25) is 0 Å². The Hall–Kier alpha value is -4.24. The van der Waals surface area contributed by atoms with E-state index in [9.17, 15) is 9.18 Å². The fraction of sp³-hybridized carbons (Fsp3) is 0.0769. The second-order valence-electron chi connectivity index (χ2n) is 7.58. The number of halogens is 1. The first-order valence-corrected chi connectivity index (χ1v) is 11.8. The topological polar surface area (TPSA) is 85.8 Å². The van der Waals surface area contributed by atoms with Gasteiger partial charge in [-0.05, 0) is 54.1 Å². The van der Waals surface area contributed by atoms with E-state index < -0.39 is 0 Å². The zero-order valence-corrected chi connectivity index (χ0v) is 19.3. The number of hydrogen-bond acceptors (Lipinski definition) is 6. The third-order valence-corrected chi connectivity index (χ3v) is 6.25. The van der Waals surface area contributed by atoms with Gasteiger partial charge in [-0.15, -0.1) is 10.2 Å². The van der Waals surface area contributed by atoms with Crippen molar-refractivity contribution < 1.29 is 13.6 Å². The molecular weight excluding hydrogens is 465 g/mol. The van der Waals surface area contributed by atoms with Gasteiger partial charge in [0.15, 0.2) is 11.0 Å². The molecule has 1 amide bonds. The molecule has 0 aliphatic carbocycles. The van der Waals surface area contributed by atoms with Crippen molar-refractivity contribution in [3.05, 3.63) is 114 Å². The predicted octanol–water partition coefficient (Wildman–Crippen LogP) is 5.28. The fourth-order valence-corrected chi connectivity index (χ4v) is 4.39. The molecule has 3 aromatic heterocycles. The number of hydrogen-bond donors (Lipinski definition) is 1. The standard InChI is InChI=1S/C26H20FN5O2S/c27-22-5-1-2-6-23(22)32-24(19-11-13-28-14-12-19)30-31-26(32)35-17-18-7-9-20(10-8-18)25(33)29-16-21-4-3-15-34-21/h1-15H,16-17H2,(H,29,33). The Morgan fingerprint density at radius 1 is 0.971 bits per heavy atom. The lowest BCUT2D eigenvalue weighted by Crippen LogP contribution is -2.22. The number of rotatable bonds is 8. The van der Waals surface area contributed by atoms with Crippen molar-refractivity contribution in [3.63, 3.8) is 0 Å². The maximum Gasteiger partial charge on any atom is 0.251 e. The van der Waals surface area contributed by atoms with Crippen LogP contribution >= 0.6 is 11.8 Å². The van der Waals surface area contributed by atoms with E-state index in [1.807, 2.05) is 24.3 Å². The first-order valence-electron chi connectivity index (χ1n) is 10.8. The largest absolute Gasteiger partial charge is 0.467 e. The van der Waals surface area contributed by atoms with Crippen LogP contribution in [0.1, 0.15) is 21.7 Å². The monoisotopic (exact) mass is 485 g/mol. The summed E-state index contributed by atoms with van der Waals surface area (Å²) in [5.74, 6) is 1.24. The third kappa shape index (κ3) is 5.15. The lowest BCUT2D eigenvalue weighted by molar-refractivity contribution is 0.0948.